The quantitative estimate of drug-likeness (QED) is 0.361. The normalized spacial score (nSPS) is 18.1. The van der Waals surface area contributed by atoms with E-state index < -0.39 is 23.8 Å². The number of nitrogens with one attached hydrogen (secondary N) is 2. The van der Waals surface area contributed by atoms with Crippen molar-refractivity contribution in [2.45, 2.75) is 106 Å². The monoisotopic (exact) mass is 549 g/mol. The van der Waals surface area contributed by atoms with E-state index in [4.69, 9.17) is 4.74 Å². The van der Waals surface area contributed by atoms with E-state index in [2.05, 4.69) is 23.6 Å². The predicted octanol–water partition coefficient (Wildman–Crippen LogP) is 6.78. The Kier molecular flexibility index (Phi) is 9.70. The number of carbonyl (C=O) groups excluding carboxylic acids is 3. The van der Waals surface area contributed by atoms with Gasteiger partial charge in [-0.25, -0.2) is 4.79 Å². The maximum absolute atomic E-state index is 14.5. The summed E-state index contributed by atoms with van der Waals surface area (Å²) in [4.78, 5) is 43.3. The summed E-state index contributed by atoms with van der Waals surface area (Å²) in [6.07, 6.45) is 0.580. The average molecular weight is 550 g/mol. The zero-order chi connectivity index (χ0) is 29.9. The number of hydrogen-bond donors (Lipinski definition) is 2. The summed E-state index contributed by atoms with van der Waals surface area (Å²) in [5.41, 5.74) is 4.75. The number of aryl methyl sites for hydroxylation is 4. The second-order valence-electron chi connectivity index (χ2n) is 12.9. The van der Waals surface area contributed by atoms with Gasteiger partial charge in [-0.3, -0.25) is 9.59 Å². The first-order valence-corrected chi connectivity index (χ1v) is 14.3. The van der Waals surface area contributed by atoms with Gasteiger partial charge in [0.05, 0.1) is 0 Å². The second-order valence-corrected chi connectivity index (χ2v) is 12.9. The fourth-order valence-corrected chi connectivity index (χ4v) is 5.30. The molecule has 0 heterocycles. The summed E-state index contributed by atoms with van der Waals surface area (Å²) in [5, 5.41) is 5.99. The predicted molar refractivity (Wildman–Crippen MR) is 160 cm³/mol. The SMILES string of the molecule is Cc1cc(C)cc(C(C(=O)Nc2c(C)cccc2C)N(C(=O)C(CC(C)C)NC(=O)OC(C)(C)C)C2CC2C)c1. The van der Waals surface area contributed by atoms with E-state index in [-0.39, 0.29) is 29.7 Å². The van der Waals surface area contributed by atoms with Crippen molar-refractivity contribution in [2.24, 2.45) is 11.8 Å². The van der Waals surface area contributed by atoms with Gasteiger partial charge in [0.1, 0.15) is 17.7 Å². The number of hydrogen-bond acceptors (Lipinski definition) is 4. The molecule has 3 amide bonds. The van der Waals surface area contributed by atoms with Crippen LogP contribution >= 0.6 is 0 Å². The zero-order valence-electron chi connectivity index (χ0n) is 25.8. The average Bonchev–Trinajstić information content (AvgIpc) is 3.52. The first kappa shape index (κ1) is 31.2. The summed E-state index contributed by atoms with van der Waals surface area (Å²) in [6.45, 7) is 19.4. The van der Waals surface area contributed by atoms with E-state index in [0.717, 1.165) is 39.9 Å². The van der Waals surface area contributed by atoms with Gasteiger partial charge >= 0.3 is 6.09 Å². The smallest absolute Gasteiger partial charge is 0.408 e. The molecule has 7 nitrogen and oxygen atoms in total. The van der Waals surface area contributed by atoms with Crippen molar-refractivity contribution in [3.05, 3.63) is 64.2 Å². The summed E-state index contributed by atoms with van der Waals surface area (Å²) in [6, 6.07) is 10.1. The highest BCUT2D eigenvalue weighted by Crippen LogP contribution is 2.41. The molecule has 0 bridgehead atoms. The lowest BCUT2D eigenvalue weighted by Gasteiger charge is -2.36. The summed E-state index contributed by atoms with van der Waals surface area (Å²) >= 11 is 0. The van der Waals surface area contributed by atoms with Crippen LogP contribution in [-0.2, 0) is 14.3 Å². The van der Waals surface area contributed by atoms with Gasteiger partial charge in [-0.05, 0) is 89.8 Å². The number of anilines is 1. The fourth-order valence-electron chi connectivity index (χ4n) is 5.30. The molecule has 2 N–H and O–H groups in total. The molecule has 1 saturated carbocycles. The molecule has 0 aromatic heterocycles. The molecule has 2 aromatic carbocycles. The number of ether oxygens (including phenoxy) is 1. The van der Waals surface area contributed by atoms with Gasteiger partial charge in [0.25, 0.3) is 5.91 Å². The van der Waals surface area contributed by atoms with E-state index in [9.17, 15) is 14.4 Å². The highest BCUT2D eigenvalue weighted by Gasteiger charge is 2.48. The van der Waals surface area contributed by atoms with Crippen molar-refractivity contribution in [2.75, 3.05) is 5.32 Å². The molecule has 4 atom stereocenters. The number of rotatable bonds is 9. The minimum absolute atomic E-state index is 0.114. The molecule has 3 rings (SSSR count). The lowest BCUT2D eigenvalue weighted by atomic mass is 9.96. The van der Waals surface area contributed by atoms with Gasteiger partial charge < -0.3 is 20.3 Å². The topological polar surface area (TPSA) is 87.7 Å². The Bertz CT molecular complexity index is 1210. The van der Waals surface area contributed by atoms with Crippen molar-refractivity contribution >= 4 is 23.6 Å². The number of amides is 3. The van der Waals surface area contributed by atoms with E-state index in [1.807, 2.05) is 71.9 Å². The minimum Gasteiger partial charge on any atom is -0.444 e. The number of alkyl carbamates (subject to hydrolysis) is 1. The molecule has 2 aromatic rings. The molecule has 1 aliphatic carbocycles. The van der Waals surface area contributed by atoms with Crippen molar-refractivity contribution in [1.29, 1.82) is 0 Å². The molecule has 218 valence electrons. The zero-order valence-corrected chi connectivity index (χ0v) is 25.8. The third-order valence-corrected chi connectivity index (χ3v) is 7.19. The Morgan fingerprint density at radius 2 is 1.55 bits per heavy atom. The van der Waals surface area contributed by atoms with Gasteiger partial charge in [0.2, 0.25) is 5.91 Å². The molecule has 40 heavy (non-hydrogen) atoms. The summed E-state index contributed by atoms with van der Waals surface area (Å²) < 4.78 is 5.51. The molecule has 0 saturated heterocycles. The third kappa shape index (κ3) is 8.09. The van der Waals surface area contributed by atoms with Crippen molar-refractivity contribution in [3.8, 4) is 0 Å². The molecule has 0 radical (unpaired) electrons. The first-order chi connectivity index (χ1) is 18.6. The Labute approximate surface area is 240 Å². The highest BCUT2D eigenvalue weighted by atomic mass is 16.6. The summed E-state index contributed by atoms with van der Waals surface area (Å²) in [5.74, 6) is -0.165. The van der Waals surface area contributed by atoms with Crippen LogP contribution in [0.15, 0.2) is 36.4 Å². The van der Waals surface area contributed by atoms with Crippen LogP contribution in [-0.4, -0.2) is 40.5 Å². The second kappa shape index (κ2) is 12.4. The van der Waals surface area contributed by atoms with E-state index in [1.54, 1.807) is 25.7 Å². The van der Waals surface area contributed by atoms with Crippen LogP contribution in [0.4, 0.5) is 10.5 Å². The summed E-state index contributed by atoms with van der Waals surface area (Å²) in [7, 11) is 0. The van der Waals surface area contributed by atoms with E-state index >= 15 is 0 Å². The van der Waals surface area contributed by atoms with Gasteiger partial charge in [-0.2, -0.15) is 0 Å². The van der Waals surface area contributed by atoms with Crippen molar-refractivity contribution in [1.82, 2.24) is 10.2 Å². The van der Waals surface area contributed by atoms with Gasteiger partial charge in [-0.1, -0.05) is 68.3 Å². The largest absolute Gasteiger partial charge is 0.444 e. The molecular weight excluding hydrogens is 502 g/mol. The Balaban J connectivity index is 2.09. The number of carbonyl (C=O) groups is 3. The maximum Gasteiger partial charge on any atom is 0.408 e. The lowest BCUT2D eigenvalue weighted by Crippen LogP contribution is -2.53. The molecule has 0 aliphatic heterocycles. The van der Waals surface area contributed by atoms with Crippen LogP contribution in [0.25, 0.3) is 0 Å². The van der Waals surface area contributed by atoms with Crippen LogP contribution in [0.5, 0.6) is 0 Å². The van der Waals surface area contributed by atoms with Crippen molar-refractivity contribution in [3.63, 3.8) is 0 Å². The van der Waals surface area contributed by atoms with Crippen molar-refractivity contribution < 1.29 is 19.1 Å². The van der Waals surface area contributed by atoms with E-state index in [0.29, 0.717) is 6.42 Å². The third-order valence-electron chi connectivity index (χ3n) is 7.19. The number of para-hydroxylation sites is 1. The molecule has 0 spiro atoms. The molecule has 4 unspecified atom stereocenters. The van der Waals surface area contributed by atoms with Crippen LogP contribution in [0.2, 0.25) is 0 Å². The standard InChI is InChI=1S/C33H47N3O4/c1-19(2)14-26(34-32(39)40-33(8,9)10)31(38)36(27-18-24(27)7)29(25-16-20(3)15-21(4)17-25)30(37)35-28-22(5)12-11-13-23(28)6/h11-13,15-17,19,24,26-27,29H,14,18H2,1-10H3,(H,34,39)(H,35,37). The van der Waals surface area contributed by atoms with Crippen LogP contribution in [0.3, 0.4) is 0 Å². The van der Waals surface area contributed by atoms with Crippen LogP contribution in [0, 0.1) is 39.5 Å². The van der Waals surface area contributed by atoms with Gasteiger partial charge in [0, 0.05) is 11.7 Å². The molecular formula is C33H47N3O4. The fraction of sp³-hybridized carbons (Fsp3) is 0.545. The van der Waals surface area contributed by atoms with E-state index in [1.165, 1.54) is 0 Å². The van der Waals surface area contributed by atoms with Crippen LogP contribution in [0.1, 0.15) is 88.2 Å². The maximum atomic E-state index is 14.5. The Morgan fingerprint density at radius 3 is 2.02 bits per heavy atom. The molecule has 1 fully saturated rings. The Hall–Kier alpha value is -3.35. The first-order valence-electron chi connectivity index (χ1n) is 14.3. The molecule has 7 heteroatoms. The Morgan fingerprint density at radius 1 is 1.00 bits per heavy atom. The molecule has 1 aliphatic rings. The van der Waals surface area contributed by atoms with Gasteiger partial charge in [0.15, 0.2) is 0 Å². The number of nitrogens with zero attached hydrogens (tertiary/aromatic N) is 1. The highest BCUT2D eigenvalue weighted by molar-refractivity contribution is 6.00. The van der Waals surface area contributed by atoms with Gasteiger partial charge in [-0.15, -0.1) is 0 Å². The lowest BCUT2D eigenvalue weighted by molar-refractivity contribution is -0.142. The minimum atomic E-state index is -0.866. The van der Waals surface area contributed by atoms with Crippen LogP contribution < -0.4 is 10.6 Å². The number of benzene rings is 2.